The Labute approximate surface area is 120 Å². The molecule has 0 spiro atoms. The number of anilines is 2. The summed E-state index contributed by atoms with van der Waals surface area (Å²) in [5.74, 6) is -0.357. The van der Waals surface area contributed by atoms with Gasteiger partial charge in [-0.05, 0) is 38.1 Å². The molecule has 0 atom stereocenters. The maximum Gasteiger partial charge on any atom is 0.250 e. The van der Waals surface area contributed by atoms with E-state index in [9.17, 15) is 9.59 Å². The lowest BCUT2D eigenvalue weighted by atomic mass is 10.2. The van der Waals surface area contributed by atoms with E-state index in [0.717, 1.165) is 0 Å². The Morgan fingerprint density at radius 1 is 1.16 bits per heavy atom. The van der Waals surface area contributed by atoms with E-state index >= 15 is 0 Å². The number of alkyl halides is 1. The number of hydrogen-bond donors (Lipinski definition) is 2. The van der Waals surface area contributed by atoms with Crippen molar-refractivity contribution in [3.05, 3.63) is 24.3 Å². The van der Waals surface area contributed by atoms with Gasteiger partial charge in [-0.3, -0.25) is 9.59 Å². The highest BCUT2D eigenvalue weighted by atomic mass is 79.9. The zero-order valence-electron chi connectivity index (χ0n) is 11.1. The van der Waals surface area contributed by atoms with Crippen molar-refractivity contribution in [1.82, 2.24) is 0 Å². The quantitative estimate of drug-likeness (QED) is 0.815. The van der Waals surface area contributed by atoms with Gasteiger partial charge in [0.2, 0.25) is 11.8 Å². The van der Waals surface area contributed by atoms with Gasteiger partial charge in [0.15, 0.2) is 0 Å². The molecule has 0 saturated heterocycles. The number of hydrogen-bond acceptors (Lipinski definition) is 3. The van der Waals surface area contributed by atoms with Crippen LogP contribution in [0.15, 0.2) is 24.3 Å². The van der Waals surface area contributed by atoms with Crippen LogP contribution in [-0.4, -0.2) is 29.9 Å². The molecule has 0 bridgehead atoms. The number of carbonyl (C=O) groups is 2. The largest absolute Gasteiger partial charge is 0.375 e. The Morgan fingerprint density at radius 3 is 2.05 bits per heavy atom. The van der Waals surface area contributed by atoms with Crippen LogP contribution in [0.5, 0.6) is 0 Å². The molecule has 2 N–H and O–H groups in total. The second-order valence-electron chi connectivity index (χ2n) is 4.49. The van der Waals surface area contributed by atoms with Crippen LogP contribution in [0.4, 0.5) is 11.4 Å². The van der Waals surface area contributed by atoms with Crippen LogP contribution in [0.25, 0.3) is 0 Å². The molecule has 0 aliphatic carbocycles. The summed E-state index contributed by atoms with van der Waals surface area (Å²) in [7, 11) is 1.46. The van der Waals surface area contributed by atoms with E-state index in [2.05, 4.69) is 26.6 Å². The topological polar surface area (TPSA) is 67.4 Å². The number of carbonyl (C=O) groups excluding carboxylic acids is 2. The van der Waals surface area contributed by atoms with Crippen molar-refractivity contribution in [2.75, 3.05) is 24.4 Å². The molecule has 0 radical (unpaired) electrons. The Morgan fingerprint density at radius 2 is 1.63 bits per heavy atom. The van der Waals surface area contributed by atoms with Crippen LogP contribution in [0, 0.1) is 0 Å². The van der Waals surface area contributed by atoms with Gasteiger partial charge >= 0.3 is 0 Å². The first kappa shape index (κ1) is 15.7. The second kappa shape index (κ2) is 6.68. The number of rotatable bonds is 5. The molecule has 19 heavy (non-hydrogen) atoms. The molecule has 104 valence electrons. The highest BCUT2D eigenvalue weighted by Gasteiger charge is 2.23. The molecule has 0 fully saturated rings. The molecule has 0 aromatic heterocycles. The van der Waals surface area contributed by atoms with Gasteiger partial charge in [0, 0.05) is 18.5 Å². The fourth-order valence-corrected chi connectivity index (χ4v) is 1.34. The number of halogens is 1. The monoisotopic (exact) mass is 328 g/mol. The fourth-order valence-electron chi connectivity index (χ4n) is 1.24. The molecule has 5 nitrogen and oxygen atoms in total. The van der Waals surface area contributed by atoms with Crippen LogP contribution in [0.1, 0.15) is 13.8 Å². The van der Waals surface area contributed by atoms with Crippen LogP contribution >= 0.6 is 15.9 Å². The van der Waals surface area contributed by atoms with Crippen LogP contribution in [-0.2, 0) is 14.3 Å². The summed E-state index contributed by atoms with van der Waals surface area (Å²) < 4.78 is 4.09. The smallest absolute Gasteiger partial charge is 0.250 e. The maximum atomic E-state index is 11.7. The summed E-state index contributed by atoms with van der Waals surface area (Å²) in [4.78, 5) is 23.0. The van der Waals surface area contributed by atoms with Crippen LogP contribution in [0.3, 0.4) is 0 Å². The summed E-state index contributed by atoms with van der Waals surface area (Å²) in [6.07, 6.45) is 0. The molecule has 0 aliphatic heterocycles. The highest BCUT2D eigenvalue weighted by Crippen LogP contribution is 2.20. The lowest BCUT2D eigenvalue weighted by Gasteiger charge is -2.16. The van der Waals surface area contributed by atoms with Crippen molar-refractivity contribution < 1.29 is 14.3 Å². The van der Waals surface area contributed by atoms with Crippen LogP contribution < -0.4 is 10.6 Å². The minimum absolute atomic E-state index is 0.0102. The van der Waals surface area contributed by atoms with Gasteiger partial charge < -0.3 is 15.4 Å². The molecule has 1 aromatic rings. The Balaban J connectivity index is 2.62. The lowest BCUT2D eigenvalue weighted by molar-refractivity contribution is -0.119. The van der Waals surface area contributed by atoms with E-state index in [0.29, 0.717) is 11.4 Å². The van der Waals surface area contributed by atoms with Gasteiger partial charge in [-0.1, -0.05) is 15.9 Å². The van der Waals surface area contributed by atoms with Gasteiger partial charge in [0.05, 0.1) is 4.32 Å². The number of benzene rings is 1. The summed E-state index contributed by atoms with van der Waals surface area (Å²) in [6, 6.07) is 6.87. The minimum Gasteiger partial charge on any atom is -0.375 e. The summed E-state index contributed by atoms with van der Waals surface area (Å²) in [5, 5.41) is 5.43. The number of ether oxygens (including phenoxy) is 1. The zero-order chi connectivity index (χ0) is 14.5. The number of amides is 2. The van der Waals surface area contributed by atoms with Gasteiger partial charge in [-0.2, -0.15) is 0 Å². The van der Waals surface area contributed by atoms with Crippen molar-refractivity contribution in [2.24, 2.45) is 0 Å². The molecule has 0 aliphatic rings. The lowest BCUT2D eigenvalue weighted by Crippen LogP contribution is -2.30. The predicted octanol–water partition coefficient (Wildman–Crippen LogP) is 2.38. The molecular formula is C13H17BrN2O3. The predicted molar refractivity (Wildman–Crippen MR) is 78.6 cm³/mol. The van der Waals surface area contributed by atoms with Gasteiger partial charge in [-0.25, -0.2) is 0 Å². The average molecular weight is 329 g/mol. The van der Waals surface area contributed by atoms with Crippen molar-refractivity contribution in [2.45, 2.75) is 18.2 Å². The minimum atomic E-state index is -0.627. The molecule has 0 unspecified atom stereocenters. The van der Waals surface area contributed by atoms with Gasteiger partial charge in [0.1, 0.15) is 6.61 Å². The number of nitrogens with one attached hydrogen (secondary N) is 2. The summed E-state index contributed by atoms with van der Waals surface area (Å²) in [6.45, 7) is 3.54. The third-order valence-corrected chi connectivity index (χ3v) is 2.60. The molecule has 2 amide bonds. The Kier molecular flexibility index (Phi) is 5.50. The first-order valence-electron chi connectivity index (χ1n) is 5.72. The van der Waals surface area contributed by atoms with Crippen molar-refractivity contribution in [1.29, 1.82) is 0 Å². The molecule has 0 heterocycles. The SMILES string of the molecule is COCC(=O)Nc1ccc(NC(=O)C(C)(C)Br)cc1. The maximum absolute atomic E-state index is 11.7. The summed E-state index contributed by atoms with van der Waals surface area (Å²) >= 11 is 3.28. The van der Waals surface area contributed by atoms with E-state index in [1.165, 1.54) is 7.11 Å². The van der Waals surface area contributed by atoms with Crippen LogP contribution in [0.2, 0.25) is 0 Å². The normalized spacial score (nSPS) is 10.9. The van der Waals surface area contributed by atoms with Crippen molar-refractivity contribution in [3.63, 3.8) is 0 Å². The van der Waals surface area contributed by atoms with E-state index in [-0.39, 0.29) is 18.4 Å². The molecule has 1 aromatic carbocycles. The average Bonchev–Trinajstić information content (AvgIpc) is 2.30. The van der Waals surface area contributed by atoms with E-state index in [1.807, 2.05) is 0 Å². The van der Waals surface area contributed by atoms with Crippen molar-refractivity contribution in [3.8, 4) is 0 Å². The van der Waals surface area contributed by atoms with Gasteiger partial charge in [-0.15, -0.1) is 0 Å². The molecular weight excluding hydrogens is 312 g/mol. The van der Waals surface area contributed by atoms with E-state index in [1.54, 1.807) is 38.1 Å². The molecule has 1 rings (SSSR count). The third-order valence-electron chi connectivity index (χ3n) is 2.24. The van der Waals surface area contributed by atoms with Crippen molar-refractivity contribution >= 4 is 39.1 Å². The first-order valence-corrected chi connectivity index (χ1v) is 6.51. The highest BCUT2D eigenvalue weighted by molar-refractivity contribution is 9.10. The molecule has 6 heteroatoms. The standard InChI is InChI=1S/C13H17BrN2O3/c1-13(2,14)12(18)16-10-6-4-9(5-7-10)15-11(17)8-19-3/h4-7H,8H2,1-3H3,(H,15,17)(H,16,18). The van der Waals surface area contributed by atoms with E-state index in [4.69, 9.17) is 4.74 Å². The number of methoxy groups -OCH3 is 1. The first-order chi connectivity index (χ1) is 8.82. The summed E-state index contributed by atoms with van der Waals surface area (Å²) in [5.41, 5.74) is 1.32. The second-order valence-corrected chi connectivity index (χ2v) is 6.47. The molecule has 0 saturated carbocycles. The Hall–Kier alpha value is -1.40. The third kappa shape index (κ3) is 5.40. The zero-order valence-corrected chi connectivity index (χ0v) is 12.7. The fraction of sp³-hybridized carbons (Fsp3) is 0.385. The Bertz CT molecular complexity index is 452. The van der Waals surface area contributed by atoms with E-state index < -0.39 is 4.32 Å². The van der Waals surface area contributed by atoms with Gasteiger partial charge in [0.25, 0.3) is 0 Å².